The molecule has 2 N–H and O–H groups in total. The first kappa shape index (κ1) is 19.3. The van der Waals surface area contributed by atoms with Crippen LogP contribution in [-0.4, -0.2) is 66.0 Å². The molecule has 1 amide bonds. The standard InChI is InChI=1S/C17H22FNO6/c1-24-8-9-25-11-13-10-12(2-3-14(13)18)15(20)19-6-4-17(23,5-7-19)16(21)22/h2-3,10,23H,4-9,11H2,1H3,(H,21,22). The molecule has 0 radical (unpaired) electrons. The maximum Gasteiger partial charge on any atom is 0.335 e. The van der Waals surface area contributed by atoms with E-state index in [0.29, 0.717) is 18.8 Å². The third kappa shape index (κ3) is 4.75. The number of benzene rings is 1. The molecule has 0 unspecified atom stereocenters. The molecule has 0 saturated carbocycles. The van der Waals surface area contributed by atoms with Crippen molar-refractivity contribution in [3.05, 3.63) is 35.1 Å². The second kappa shape index (κ2) is 8.37. The number of carboxylic acid groups (broad SMARTS) is 1. The molecule has 0 aliphatic carbocycles. The van der Waals surface area contributed by atoms with E-state index in [4.69, 9.17) is 14.6 Å². The van der Waals surface area contributed by atoms with Crippen LogP contribution in [0.2, 0.25) is 0 Å². The van der Waals surface area contributed by atoms with E-state index < -0.39 is 17.4 Å². The maximum absolute atomic E-state index is 13.8. The summed E-state index contributed by atoms with van der Waals surface area (Å²) in [4.78, 5) is 25.0. The fourth-order valence-corrected chi connectivity index (χ4v) is 2.62. The highest BCUT2D eigenvalue weighted by molar-refractivity contribution is 5.94. The van der Waals surface area contributed by atoms with Gasteiger partial charge in [0.1, 0.15) is 5.82 Å². The van der Waals surface area contributed by atoms with Gasteiger partial charge in [0.25, 0.3) is 5.91 Å². The van der Waals surface area contributed by atoms with E-state index in [2.05, 4.69) is 0 Å². The summed E-state index contributed by atoms with van der Waals surface area (Å²) in [6, 6.07) is 4.02. The molecule has 1 heterocycles. The molecule has 8 heteroatoms. The first-order chi connectivity index (χ1) is 11.9. The molecule has 2 rings (SSSR count). The first-order valence-corrected chi connectivity index (χ1v) is 7.97. The van der Waals surface area contributed by atoms with Gasteiger partial charge in [-0.15, -0.1) is 0 Å². The lowest BCUT2D eigenvalue weighted by Gasteiger charge is -2.35. The van der Waals surface area contributed by atoms with Crippen LogP contribution in [0.25, 0.3) is 0 Å². The van der Waals surface area contributed by atoms with E-state index in [1.54, 1.807) is 0 Å². The monoisotopic (exact) mass is 355 g/mol. The maximum atomic E-state index is 13.8. The van der Waals surface area contributed by atoms with Gasteiger partial charge in [0.05, 0.1) is 19.8 Å². The zero-order valence-electron chi connectivity index (χ0n) is 14.0. The van der Waals surface area contributed by atoms with Crippen LogP contribution in [-0.2, 0) is 20.9 Å². The zero-order valence-corrected chi connectivity index (χ0v) is 14.0. The van der Waals surface area contributed by atoms with Gasteiger partial charge in [0, 0.05) is 44.2 Å². The first-order valence-electron chi connectivity index (χ1n) is 7.97. The van der Waals surface area contributed by atoms with Crippen molar-refractivity contribution in [2.75, 3.05) is 33.4 Å². The molecule has 0 spiro atoms. The van der Waals surface area contributed by atoms with Crippen molar-refractivity contribution in [3.63, 3.8) is 0 Å². The number of carbonyl (C=O) groups excluding carboxylic acids is 1. The van der Waals surface area contributed by atoms with Crippen molar-refractivity contribution in [1.82, 2.24) is 4.90 Å². The zero-order chi connectivity index (χ0) is 18.4. The Balaban J connectivity index is 2.01. The third-order valence-electron chi connectivity index (χ3n) is 4.26. The fourth-order valence-electron chi connectivity index (χ4n) is 2.62. The molecule has 1 saturated heterocycles. The highest BCUT2D eigenvalue weighted by atomic mass is 19.1. The second-order valence-corrected chi connectivity index (χ2v) is 5.98. The van der Waals surface area contributed by atoms with Crippen LogP contribution in [0.5, 0.6) is 0 Å². The van der Waals surface area contributed by atoms with Crippen molar-refractivity contribution >= 4 is 11.9 Å². The molecule has 0 atom stereocenters. The summed E-state index contributed by atoms with van der Waals surface area (Å²) in [7, 11) is 1.53. The normalized spacial score (nSPS) is 16.7. The van der Waals surface area contributed by atoms with Gasteiger partial charge in [-0.1, -0.05) is 0 Å². The molecule has 1 aromatic rings. The average molecular weight is 355 g/mol. The number of aliphatic hydroxyl groups is 1. The number of rotatable bonds is 7. The molecule has 1 aromatic carbocycles. The van der Waals surface area contributed by atoms with E-state index >= 15 is 0 Å². The number of carboxylic acids is 1. The Hall–Kier alpha value is -2.03. The fraction of sp³-hybridized carbons (Fsp3) is 0.529. The summed E-state index contributed by atoms with van der Waals surface area (Å²) in [6.45, 7) is 0.973. The number of hydrogen-bond acceptors (Lipinski definition) is 5. The highest BCUT2D eigenvalue weighted by Gasteiger charge is 2.40. The van der Waals surface area contributed by atoms with Gasteiger partial charge in [0.15, 0.2) is 5.60 Å². The van der Waals surface area contributed by atoms with Gasteiger partial charge in [-0.3, -0.25) is 4.79 Å². The quantitative estimate of drug-likeness (QED) is 0.710. The lowest BCUT2D eigenvalue weighted by atomic mass is 9.91. The number of amides is 1. The molecule has 7 nitrogen and oxygen atoms in total. The van der Waals surface area contributed by atoms with E-state index in [0.717, 1.165) is 0 Å². The molecule has 0 aromatic heterocycles. The number of ether oxygens (including phenoxy) is 2. The van der Waals surface area contributed by atoms with Gasteiger partial charge in [-0.25, -0.2) is 9.18 Å². The number of aliphatic carboxylic acids is 1. The Labute approximate surface area is 145 Å². The van der Waals surface area contributed by atoms with E-state index in [9.17, 15) is 19.1 Å². The molecule has 1 aliphatic heterocycles. The summed E-state index contributed by atoms with van der Waals surface area (Å²) < 4.78 is 24.0. The number of likely N-dealkylation sites (tertiary alicyclic amines) is 1. The molecule has 1 aliphatic rings. The number of halogens is 1. The van der Waals surface area contributed by atoms with Gasteiger partial charge in [-0.2, -0.15) is 0 Å². The molecular weight excluding hydrogens is 333 g/mol. The molecule has 138 valence electrons. The van der Waals surface area contributed by atoms with Crippen LogP contribution in [0.1, 0.15) is 28.8 Å². The molecular formula is C17H22FNO6. The smallest absolute Gasteiger partial charge is 0.335 e. The Morgan fingerprint density at radius 1 is 1.28 bits per heavy atom. The lowest BCUT2D eigenvalue weighted by molar-refractivity contribution is -0.162. The van der Waals surface area contributed by atoms with Crippen molar-refractivity contribution in [2.45, 2.75) is 25.0 Å². The predicted octanol–water partition coefficient (Wildman–Crippen LogP) is 1.04. The minimum atomic E-state index is -1.79. The molecule has 0 bridgehead atoms. The van der Waals surface area contributed by atoms with Crippen LogP contribution < -0.4 is 0 Å². The van der Waals surface area contributed by atoms with E-state index in [-0.39, 0.29) is 44.0 Å². The number of carbonyl (C=O) groups is 2. The number of methoxy groups -OCH3 is 1. The van der Waals surface area contributed by atoms with Crippen LogP contribution in [0, 0.1) is 5.82 Å². The van der Waals surface area contributed by atoms with Crippen LogP contribution in [0.3, 0.4) is 0 Å². The summed E-state index contributed by atoms with van der Waals surface area (Å²) in [6.07, 6.45) is -0.0789. The lowest BCUT2D eigenvalue weighted by Crippen LogP contribution is -2.50. The summed E-state index contributed by atoms with van der Waals surface area (Å²) >= 11 is 0. The summed E-state index contributed by atoms with van der Waals surface area (Å²) in [5.41, 5.74) is -1.23. The van der Waals surface area contributed by atoms with Gasteiger partial charge < -0.3 is 24.6 Å². The summed E-state index contributed by atoms with van der Waals surface area (Å²) in [5, 5.41) is 18.9. The number of hydrogen-bond donors (Lipinski definition) is 2. The number of piperidine rings is 1. The Morgan fingerprint density at radius 3 is 2.56 bits per heavy atom. The Morgan fingerprint density at radius 2 is 1.96 bits per heavy atom. The van der Waals surface area contributed by atoms with Crippen LogP contribution in [0.15, 0.2) is 18.2 Å². The van der Waals surface area contributed by atoms with Crippen molar-refractivity contribution in [2.24, 2.45) is 0 Å². The Bertz CT molecular complexity index is 628. The van der Waals surface area contributed by atoms with Crippen molar-refractivity contribution in [1.29, 1.82) is 0 Å². The van der Waals surface area contributed by atoms with Gasteiger partial charge >= 0.3 is 5.97 Å². The van der Waals surface area contributed by atoms with E-state index in [1.807, 2.05) is 0 Å². The largest absolute Gasteiger partial charge is 0.479 e. The Kier molecular flexibility index (Phi) is 6.46. The second-order valence-electron chi connectivity index (χ2n) is 5.98. The molecule has 1 fully saturated rings. The SMILES string of the molecule is COCCOCc1cc(C(=O)N2CCC(O)(C(=O)O)CC2)ccc1F. The topological polar surface area (TPSA) is 96.3 Å². The number of nitrogens with zero attached hydrogens (tertiary/aromatic N) is 1. The summed E-state index contributed by atoms with van der Waals surface area (Å²) in [5.74, 6) is -2.07. The van der Waals surface area contributed by atoms with Crippen molar-refractivity contribution in [3.8, 4) is 0 Å². The predicted molar refractivity (Wildman–Crippen MR) is 85.7 cm³/mol. The third-order valence-corrected chi connectivity index (χ3v) is 4.26. The minimum Gasteiger partial charge on any atom is -0.479 e. The minimum absolute atomic E-state index is 0.0229. The van der Waals surface area contributed by atoms with Crippen LogP contribution >= 0.6 is 0 Å². The van der Waals surface area contributed by atoms with Gasteiger partial charge in [0.2, 0.25) is 0 Å². The van der Waals surface area contributed by atoms with E-state index in [1.165, 1.54) is 30.2 Å². The van der Waals surface area contributed by atoms with Crippen LogP contribution in [0.4, 0.5) is 4.39 Å². The van der Waals surface area contributed by atoms with Gasteiger partial charge in [-0.05, 0) is 18.2 Å². The average Bonchev–Trinajstić information content (AvgIpc) is 2.60. The van der Waals surface area contributed by atoms with Crippen molar-refractivity contribution < 1.29 is 33.7 Å². The highest BCUT2D eigenvalue weighted by Crippen LogP contribution is 2.24. The molecule has 25 heavy (non-hydrogen) atoms.